The first-order chi connectivity index (χ1) is 10.2. The molecule has 0 radical (unpaired) electrons. The summed E-state index contributed by atoms with van der Waals surface area (Å²) in [7, 11) is -4.48. The summed E-state index contributed by atoms with van der Waals surface area (Å²) in [6.45, 7) is 0. The minimum absolute atomic E-state index is 0.0974. The van der Waals surface area contributed by atoms with Crippen molar-refractivity contribution in [2.45, 2.75) is 4.90 Å². The molecule has 22 heavy (non-hydrogen) atoms. The SMILES string of the molecule is O=C(O)c1ccc(F)c(S(=O)(=O)Nc2cc(F)ccc2Cl)c1. The van der Waals surface area contributed by atoms with E-state index in [4.69, 9.17) is 16.7 Å². The molecule has 0 heterocycles. The van der Waals surface area contributed by atoms with Crippen molar-refractivity contribution in [2.75, 3.05) is 4.72 Å². The molecule has 0 unspecified atom stereocenters. The molecule has 2 rings (SSSR count). The predicted octanol–water partition coefficient (Wildman–Crippen LogP) is 3.12. The van der Waals surface area contributed by atoms with Crippen molar-refractivity contribution in [1.29, 1.82) is 0 Å². The summed E-state index contributed by atoms with van der Waals surface area (Å²) >= 11 is 5.73. The fourth-order valence-corrected chi connectivity index (χ4v) is 3.01. The summed E-state index contributed by atoms with van der Waals surface area (Å²) in [6, 6.07) is 5.26. The molecule has 0 amide bonds. The number of benzene rings is 2. The van der Waals surface area contributed by atoms with Crippen molar-refractivity contribution in [1.82, 2.24) is 0 Å². The van der Waals surface area contributed by atoms with Gasteiger partial charge in [-0.3, -0.25) is 4.72 Å². The van der Waals surface area contributed by atoms with Gasteiger partial charge in [0.15, 0.2) is 0 Å². The van der Waals surface area contributed by atoms with Crippen LogP contribution in [0.3, 0.4) is 0 Å². The Morgan fingerprint density at radius 2 is 1.82 bits per heavy atom. The molecule has 9 heteroatoms. The maximum Gasteiger partial charge on any atom is 0.335 e. The van der Waals surface area contributed by atoms with E-state index in [1.165, 1.54) is 0 Å². The molecule has 0 fully saturated rings. The molecule has 0 spiro atoms. The third kappa shape index (κ3) is 3.34. The molecular weight excluding hydrogens is 340 g/mol. The van der Waals surface area contributed by atoms with Gasteiger partial charge in [0.25, 0.3) is 10.0 Å². The van der Waals surface area contributed by atoms with E-state index in [2.05, 4.69) is 0 Å². The van der Waals surface area contributed by atoms with Gasteiger partial charge in [-0.2, -0.15) is 0 Å². The maximum absolute atomic E-state index is 13.7. The number of carbonyl (C=O) groups is 1. The van der Waals surface area contributed by atoms with Crippen LogP contribution in [0.25, 0.3) is 0 Å². The Morgan fingerprint density at radius 1 is 1.14 bits per heavy atom. The van der Waals surface area contributed by atoms with Crippen molar-refractivity contribution in [2.24, 2.45) is 0 Å². The van der Waals surface area contributed by atoms with Crippen LogP contribution in [0.4, 0.5) is 14.5 Å². The van der Waals surface area contributed by atoms with Gasteiger partial charge in [0.1, 0.15) is 16.5 Å². The van der Waals surface area contributed by atoms with Gasteiger partial charge < -0.3 is 5.11 Å². The topological polar surface area (TPSA) is 83.5 Å². The molecule has 116 valence electrons. The quantitative estimate of drug-likeness (QED) is 0.890. The van der Waals surface area contributed by atoms with Crippen molar-refractivity contribution in [3.63, 3.8) is 0 Å². The van der Waals surface area contributed by atoms with Gasteiger partial charge in [-0.05, 0) is 36.4 Å². The molecule has 0 saturated heterocycles. The molecule has 2 aromatic rings. The van der Waals surface area contributed by atoms with E-state index in [0.29, 0.717) is 12.1 Å². The van der Waals surface area contributed by atoms with E-state index in [1.54, 1.807) is 0 Å². The first-order valence-corrected chi connectivity index (χ1v) is 7.57. The monoisotopic (exact) mass is 347 g/mol. The summed E-state index contributed by atoms with van der Waals surface area (Å²) in [5.74, 6) is -3.31. The van der Waals surface area contributed by atoms with E-state index in [9.17, 15) is 22.0 Å². The zero-order chi connectivity index (χ0) is 16.5. The van der Waals surface area contributed by atoms with Crippen LogP contribution in [-0.4, -0.2) is 19.5 Å². The smallest absolute Gasteiger partial charge is 0.335 e. The molecule has 0 atom stereocenters. The van der Waals surface area contributed by atoms with E-state index in [-0.39, 0.29) is 10.7 Å². The van der Waals surface area contributed by atoms with Gasteiger partial charge in [0.2, 0.25) is 0 Å². The fourth-order valence-electron chi connectivity index (χ4n) is 1.62. The Kier molecular flexibility index (Phi) is 4.34. The second-order valence-corrected chi connectivity index (χ2v) is 6.24. The number of carboxylic acid groups (broad SMARTS) is 1. The van der Waals surface area contributed by atoms with E-state index >= 15 is 0 Å². The van der Waals surface area contributed by atoms with Gasteiger partial charge in [0, 0.05) is 0 Å². The Balaban J connectivity index is 2.49. The highest BCUT2D eigenvalue weighted by Gasteiger charge is 2.22. The van der Waals surface area contributed by atoms with Crippen molar-refractivity contribution >= 4 is 33.3 Å². The molecule has 0 bridgehead atoms. The third-order valence-corrected chi connectivity index (χ3v) is 4.35. The van der Waals surface area contributed by atoms with E-state index in [1.807, 2.05) is 4.72 Å². The lowest BCUT2D eigenvalue weighted by Gasteiger charge is -2.11. The largest absolute Gasteiger partial charge is 0.478 e. The molecule has 2 N–H and O–H groups in total. The Bertz CT molecular complexity index is 855. The zero-order valence-corrected chi connectivity index (χ0v) is 12.3. The first kappa shape index (κ1) is 16.2. The lowest BCUT2D eigenvalue weighted by molar-refractivity contribution is 0.0696. The lowest BCUT2D eigenvalue weighted by atomic mass is 10.2. The van der Waals surface area contributed by atoms with Crippen LogP contribution in [0, 0.1) is 11.6 Å². The Hall–Kier alpha value is -2.19. The normalized spacial score (nSPS) is 11.2. The number of nitrogens with one attached hydrogen (secondary N) is 1. The minimum atomic E-state index is -4.48. The van der Waals surface area contributed by atoms with E-state index in [0.717, 1.165) is 24.3 Å². The van der Waals surface area contributed by atoms with Gasteiger partial charge in [-0.1, -0.05) is 11.6 Å². The summed E-state index contributed by atoms with van der Waals surface area (Å²) in [5, 5.41) is 8.73. The third-order valence-electron chi connectivity index (χ3n) is 2.64. The van der Waals surface area contributed by atoms with Crippen LogP contribution < -0.4 is 4.72 Å². The standard InChI is InChI=1S/C13H8ClF2NO4S/c14-9-3-2-8(15)6-11(9)17-22(20,21)12-5-7(13(18)19)1-4-10(12)16/h1-6,17H,(H,18,19). The molecule has 0 aliphatic heterocycles. The van der Waals surface area contributed by atoms with Crippen LogP contribution in [0.2, 0.25) is 5.02 Å². The highest BCUT2D eigenvalue weighted by atomic mass is 35.5. The highest BCUT2D eigenvalue weighted by molar-refractivity contribution is 7.92. The molecule has 2 aromatic carbocycles. The van der Waals surface area contributed by atoms with Crippen molar-refractivity contribution in [3.8, 4) is 0 Å². The Morgan fingerprint density at radius 3 is 2.45 bits per heavy atom. The number of hydrogen-bond donors (Lipinski definition) is 2. The average molecular weight is 348 g/mol. The zero-order valence-electron chi connectivity index (χ0n) is 10.7. The van der Waals surface area contributed by atoms with Gasteiger partial charge in [-0.25, -0.2) is 22.0 Å². The molecular formula is C13H8ClF2NO4S. The van der Waals surface area contributed by atoms with E-state index < -0.39 is 38.1 Å². The highest BCUT2D eigenvalue weighted by Crippen LogP contribution is 2.26. The molecule has 0 aliphatic rings. The number of sulfonamides is 1. The van der Waals surface area contributed by atoms with Crippen LogP contribution in [0.1, 0.15) is 10.4 Å². The van der Waals surface area contributed by atoms with Crippen molar-refractivity contribution < 1.29 is 27.1 Å². The second-order valence-electron chi connectivity index (χ2n) is 4.18. The number of carboxylic acids is 1. The molecule has 0 saturated carbocycles. The minimum Gasteiger partial charge on any atom is -0.478 e. The number of halogens is 3. The molecule has 0 aliphatic carbocycles. The molecule has 0 aromatic heterocycles. The van der Waals surface area contributed by atoms with Gasteiger partial charge in [-0.15, -0.1) is 0 Å². The summed E-state index contributed by atoms with van der Waals surface area (Å²) < 4.78 is 53.0. The van der Waals surface area contributed by atoms with Crippen LogP contribution >= 0.6 is 11.6 Å². The number of aromatic carboxylic acids is 1. The summed E-state index contributed by atoms with van der Waals surface area (Å²) in [4.78, 5) is 9.96. The van der Waals surface area contributed by atoms with Crippen LogP contribution in [-0.2, 0) is 10.0 Å². The second kappa shape index (κ2) is 5.90. The molecule has 5 nitrogen and oxygen atoms in total. The average Bonchev–Trinajstić information content (AvgIpc) is 2.42. The maximum atomic E-state index is 13.7. The number of rotatable bonds is 4. The predicted molar refractivity (Wildman–Crippen MR) is 75.6 cm³/mol. The lowest BCUT2D eigenvalue weighted by Crippen LogP contribution is -2.16. The Labute approximate surface area is 129 Å². The summed E-state index contributed by atoms with van der Waals surface area (Å²) in [6.07, 6.45) is 0. The summed E-state index contributed by atoms with van der Waals surface area (Å²) in [5.41, 5.74) is -0.700. The van der Waals surface area contributed by atoms with Gasteiger partial charge >= 0.3 is 5.97 Å². The fraction of sp³-hybridized carbons (Fsp3) is 0. The van der Waals surface area contributed by atoms with Gasteiger partial charge in [0.05, 0.1) is 16.3 Å². The van der Waals surface area contributed by atoms with Crippen LogP contribution in [0.15, 0.2) is 41.3 Å². The van der Waals surface area contributed by atoms with Crippen molar-refractivity contribution in [3.05, 3.63) is 58.6 Å². The number of anilines is 1. The first-order valence-electron chi connectivity index (χ1n) is 5.71. The van der Waals surface area contributed by atoms with Crippen LogP contribution in [0.5, 0.6) is 0 Å². The number of hydrogen-bond acceptors (Lipinski definition) is 3.